The third kappa shape index (κ3) is 4.81. The maximum atomic E-state index is 14.0. The van der Waals surface area contributed by atoms with Gasteiger partial charge in [-0.2, -0.15) is 35.7 Å². The van der Waals surface area contributed by atoms with Gasteiger partial charge in [0.1, 0.15) is 5.75 Å². The zero-order valence-corrected chi connectivity index (χ0v) is 20.6. The fraction of sp³-hybridized carbons (Fsp3) is 0.381. The number of rotatable bonds is 6. The molecule has 0 aliphatic heterocycles. The number of aryl methyl sites for hydroxylation is 3. The highest BCUT2D eigenvalue weighted by atomic mass is 19.4. The molecule has 0 unspecified atom stereocenters. The zero-order valence-electron chi connectivity index (χ0n) is 20.6. The number of alkyl halides is 7. The summed E-state index contributed by atoms with van der Waals surface area (Å²) >= 11 is 0. The lowest BCUT2D eigenvalue weighted by molar-refractivity contribution is -0.361. The van der Waals surface area contributed by atoms with Gasteiger partial charge in [0.15, 0.2) is 5.56 Å². The van der Waals surface area contributed by atoms with Crippen molar-refractivity contribution in [3.05, 3.63) is 55.5 Å². The van der Waals surface area contributed by atoms with Crippen LogP contribution in [-0.2, 0) is 27.1 Å². The van der Waals surface area contributed by atoms with E-state index < -0.39 is 58.5 Å². The number of benzene rings is 1. The van der Waals surface area contributed by atoms with Crippen molar-refractivity contribution in [1.29, 1.82) is 0 Å². The van der Waals surface area contributed by atoms with Crippen LogP contribution in [0.5, 0.6) is 17.6 Å². The van der Waals surface area contributed by atoms with Gasteiger partial charge >= 0.3 is 29.7 Å². The smallest absolute Gasteiger partial charge is 0.460 e. The van der Waals surface area contributed by atoms with E-state index in [2.05, 4.69) is 15.4 Å². The van der Waals surface area contributed by atoms with E-state index in [-0.39, 0.29) is 22.6 Å². The van der Waals surface area contributed by atoms with Gasteiger partial charge in [-0.3, -0.25) is 18.7 Å². The zero-order chi connectivity index (χ0) is 29.8. The van der Waals surface area contributed by atoms with Crippen molar-refractivity contribution in [3.8, 4) is 17.6 Å². The second-order valence-corrected chi connectivity index (χ2v) is 8.38. The normalized spacial score (nSPS) is 12.5. The van der Waals surface area contributed by atoms with Crippen LogP contribution in [0.4, 0.5) is 36.4 Å². The number of hydrogen-bond acceptors (Lipinski definition) is 7. The minimum absolute atomic E-state index is 0.109. The number of amides is 1. The second kappa shape index (κ2) is 9.42. The first-order valence-electron chi connectivity index (χ1n) is 10.6. The van der Waals surface area contributed by atoms with E-state index in [0.29, 0.717) is 13.8 Å². The summed E-state index contributed by atoms with van der Waals surface area (Å²) in [6.45, 7) is 2.88. The SMILES string of the molecule is Cc1cc(Oc2nc(C(F)(F)C(F)(F)C(F)(F)F)nn2C)cc(C)c1NC(=O)c1c(O)n(C)c(=O)n(C)c1=O. The Morgan fingerprint density at radius 3 is 2.03 bits per heavy atom. The molecular weight excluding hydrogens is 549 g/mol. The summed E-state index contributed by atoms with van der Waals surface area (Å²) in [5, 5.41) is 15.5. The van der Waals surface area contributed by atoms with E-state index in [4.69, 9.17) is 4.74 Å². The molecule has 0 fully saturated rings. The van der Waals surface area contributed by atoms with Gasteiger partial charge in [0.05, 0.1) is 0 Å². The van der Waals surface area contributed by atoms with Gasteiger partial charge < -0.3 is 15.2 Å². The molecule has 0 spiro atoms. The number of carbonyl (C=O) groups is 1. The fourth-order valence-corrected chi connectivity index (χ4v) is 3.40. The van der Waals surface area contributed by atoms with Crippen LogP contribution in [0.3, 0.4) is 0 Å². The Morgan fingerprint density at radius 2 is 1.51 bits per heavy atom. The molecule has 0 radical (unpaired) electrons. The van der Waals surface area contributed by atoms with Crippen molar-refractivity contribution in [1.82, 2.24) is 23.9 Å². The molecule has 1 amide bonds. The van der Waals surface area contributed by atoms with Gasteiger partial charge in [-0.25, -0.2) is 9.48 Å². The average Bonchev–Trinajstić information content (AvgIpc) is 3.18. The average molecular weight is 568 g/mol. The van der Waals surface area contributed by atoms with Crippen molar-refractivity contribution in [2.24, 2.45) is 21.1 Å². The van der Waals surface area contributed by atoms with Gasteiger partial charge in [0.2, 0.25) is 11.7 Å². The van der Waals surface area contributed by atoms with Gasteiger partial charge in [-0.1, -0.05) is 0 Å². The first-order chi connectivity index (χ1) is 17.7. The summed E-state index contributed by atoms with van der Waals surface area (Å²) in [4.78, 5) is 40.1. The molecule has 3 rings (SSSR count). The van der Waals surface area contributed by atoms with Crippen molar-refractivity contribution in [3.63, 3.8) is 0 Å². The Labute approximate surface area is 213 Å². The molecule has 0 bridgehead atoms. The lowest BCUT2D eigenvalue weighted by Gasteiger charge is -2.25. The van der Waals surface area contributed by atoms with E-state index in [9.17, 15) is 50.2 Å². The van der Waals surface area contributed by atoms with Crippen LogP contribution in [0.2, 0.25) is 0 Å². The van der Waals surface area contributed by atoms with Crippen LogP contribution in [0.1, 0.15) is 27.3 Å². The van der Waals surface area contributed by atoms with Gasteiger partial charge in [0, 0.05) is 26.8 Å². The second-order valence-electron chi connectivity index (χ2n) is 8.38. The number of aromatic hydroxyl groups is 1. The Kier molecular flexibility index (Phi) is 7.05. The van der Waals surface area contributed by atoms with Crippen LogP contribution in [0, 0.1) is 13.8 Å². The Hall–Kier alpha value is -4.38. The third-order valence-electron chi connectivity index (χ3n) is 5.57. The number of anilines is 1. The molecule has 0 aliphatic rings. The van der Waals surface area contributed by atoms with Crippen LogP contribution < -0.4 is 21.3 Å². The maximum Gasteiger partial charge on any atom is 0.460 e. The molecule has 0 atom stereocenters. The van der Waals surface area contributed by atoms with Crippen LogP contribution in [0.15, 0.2) is 21.7 Å². The molecule has 3 aromatic rings. The molecule has 0 aliphatic carbocycles. The Balaban J connectivity index is 1.93. The van der Waals surface area contributed by atoms with Crippen molar-refractivity contribution < 1.29 is 45.4 Å². The quantitative estimate of drug-likeness (QED) is 0.437. The van der Waals surface area contributed by atoms with E-state index in [0.717, 1.165) is 21.1 Å². The fourth-order valence-electron chi connectivity index (χ4n) is 3.40. The Morgan fingerprint density at radius 1 is 0.974 bits per heavy atom. The summed E-state index contributed by atoms with van der Waals surface area (Å²) in [5.41, 5.74) is -2.09. The molecular formula is C21H19F7N6O5. The van der Waals surface area contributed by atoms with E-state index in [1.807, 2.05) is 0 Å². The van der Waals surface area contributed by atoms with Crippen LogP contribution in [0.25, 0.3) is 0 Å². The van der Waals surface area contributed by atoms with Crippen molar-refractivity contribution >= 4 is 11.6 Å². The van der Waals surface area contributed by atoms with Crippen molar-refractivity contribution in [2.45, 2.75) is 31.9 Å². The monoisotopic (exact) mass is 568 g/mol. The molecule has 1 aromatic carbocycles. The van der Waals surface area contributed by atoms with Gasteiger partial charge in [0.25, 0.3) is 11.5 Å². The van der Waals surface area contributed by atoms with Crippen molar-refractivity contribution in [2.75, 3.05) is 5.32 Å². The largest absolute Gasteiger partial charge is 0.494 e. The summed E-state index contributed by atoms with van der Waals surface area (Å²) in [6, 6.07) is 1.59. The molecule has 2 N–H and O–H groups in total. The van der Waals surface area contributed by atoms with E-state index >= 15 is 0 Å². The summed E-state index contributed by atoms with van der Waals surface area (Å²) in [7, 11) is 3.15. The minimum atomic E-state index is -6.58. The lowest BCUT2D eigenvalue weighted by Crippen LogP contribution is -2.50. The lowest BCUT2D eigenvalue weighted by atomic mass is 10.1. The number of nitrogens with one attached hydrogen (secondary N) is 1. The number of hydrogen-bond donors (Lipinski definition) is 2. The number of carbonyl (C=O) groups excluding carboxylic acids is 1. The van der Waals surface area contributed by atoms with E-state index in [1.54, 1.807) is 0 Å². The number of ether oxygens (including phenoxy) is 1. The molecule has 18 heteroatoms. The highest BCUT2D eigenvalue weighted by Gasteiger charge is 2.75. The molecule has 2 aromatic heterocycles. The van der Waals surface area contributed by atoms with Gasteiger partial charge in [-0.05, 0) is 37.1 Å². The Bertz CT molecular complexity index is 1570. The summed E-state index contributed by atoms with van der Waals surface area (Å²) in [5.74, 6) is -16.5. The molecule has 212 valence electrons. The first kappa shape index (κ1) is 29.2. The predicted molar refractivity (Wildman–Crippen MR) is 118 cm³/mol. The molecule has 11 nitrogen and oxygen atoms in total. The highest BCUT2D eigenvalue weighted by molar-refractivity contribution is 6.06. The molecule has 0 saturated carbocycles. The summed E-state index contributed by atoms with van der Waals surface area (Å²) in [6.07, 6.45) is -6.58. The first-order valence-corrected chi connectivity index (χ1v) is 10.6. The van der Waals surface area contributed by atoms with E-state index in [1.165, 1.54) is 26.0 Å². The standard InChI is InChI=1S/C21H19F7N6O5/c1-8-6-10(39-17-30-16(31-34(17)5)19(22,23)20(24,25)21(26,27)28)7-9(2)12(8)29-13(35)11-14(36)32(3)18(38)33(4)15(11)37/h6-7,36H,1-5H3,(H,29,35). The molecule has 39 heavy (non-hydrogen) atoms. The molecule has 2 heterocycles. The predicted octanol–water partition coefficient (Wildman–Crippen LogP) is 2.87. The topological polar surface area (TPSA) is 133 Å². The van der Waals surface area contributed by atoms with Crippen LogP contribution >= 0.6 is 0 Å². The number of nitrogens with zero attached hydrogens (tertiary/aromatic N) is 5. The molecule has 0 saturated heterocycles. The number of aromatic nitrogens is 5. The maximum absolute atomic E-state index is 14.0. The summed E-state index contributed by atoms with van der Waals surface area (Å²) < 4.78 is 99.1. The van der Waals surface area contributed by atoms with Gasteiger partial charge in [-0.15, -0.1) is 5.10 Å². The highest BCUT2D eigenvalue weighted by Crippen LogP contribution is 2.51. The van der Waals surface area contributed by atoms with Crippen LogP contribution in [-0.4, -0.2) is 47.0 Å². The minimum Gasteiger partial charge on any atom is -0.494 e. The third-order valence-corrected chi connectivity index (χ3v) is 5.57. The number of halogens is 7.